The fourth-order valence-electron chi connectivity index (χ4n) is 3.80. The van der Waals surface area contributed by atoms with Gasteiger partial charge in [0.25, 0.3) is 5.91 Å². The van der Waals surface area contributed by atoms with Gasteiger partial charge in [0.2, 0.25) is 0 Å². The molecule has 184 valence electrons. The Morgan fingerprint density at radius 1 is 0.972 bits per heavy atom. The quantitative estimate of drug-likeness (QED) is 0.180. The minimum Gasteiger partial charge on any atom is -0.488 e. The van der Waals surface area contributed by atoms with Crippen molar-refractivity contribution in [2.75, 3.05) is 6.61 Å². The van der Waals surface area contributed by atoms with Crippen molar-refractivity contribution in [3.8, 4) is 11.5 Å². The molecule has 1 N–H and O–H groups in total. The maximum absolute atomic E-state index is 12.4. The Bertz CT molecular complexity index is 1400. The first-order chi connectivity index (χ1) is 17.4. The van der Waals surface area contributed by atoms with Crippen molar-refractivity contribution in [1.82, 2.24) is 5.43 Å². The third-order valence-electron chi connectivity index (χ3n) is 5.83. The maximum Gasteiger partial charge on any atom is 0.277 e. The number of hydrazone groups is 1. The van der Waals surface area contributed by atoms with Crippen molar-refractivity contribution in [3.05, 3.63) is 106 Å². The first kappa shape index (κ1) is 25.5. The summed E-state index contributed by atoms with van der Waals surface area (Å²) in [5.41, 5.74) is 6.57. The fourth-order valence-corrected chi connectivity index (χ4v) is 4.24. The van der Waals surface area contributed by atoms with Crippen molar-refractivity contribution >= 4 is 38.8 Å². The predicted octanol–water partition coefficient (Wildman–Crippen LogP) is 7.14. The van der Waals surface area contributed by atoms with E-state index in [4.69, 9.17) is 9.47 Å². The Morgan fingerprint density at radius 3 is 2.61 bits per heavy atom. The van der Waals surface area contributed by atoms with E-state index in [2.05, 4.69) is 46.4 Å². The van der Waals surface area contributed by atoms with Crippen LogP contribution in [0.1, 0.15) is 42.0 Å². The Hall–Kier alpha value is -3.64. The van der Waals surface area contributed by atoms with Gasteiger partial charge in [-0.2, -0.15) is 5.10 Å². The van der Waals surface area contributed by atoms with Gasteiger partial charge in [-0.1, -0.05) is 84.4 Å². The number of amides is 1. The molecule has 4 aromatic rings. The van der Waals surface area contributed by atoms with Gasteiger partial charge in [0.15, 0.2) is 6.61 Å². The SMILES string of the molecule is Cc1ccc(C(C)C)cc1OCC(=O)N/N=C\c1c(OCc2cccc(Br)c2)ccc2ccccc12. The molecule has 0 radical (unpaired) electrons. The monoisotopic (exact) mass is 544 g/mol. The summed E-state index contributed by atoms with van der Waals surface area (Å²) in [7, 11) is 0. The molecule has 5 nitrogen and oxygen atoms in total. The topological polar surface area (TPSA) is 59.9 Å². The average Bonchev–Trinajstić information content (AvgIpc) is 2.87. The molecule has 4 aromatic carbocycles. The lowest BCUT2D eigenvalue weighted by Gasteiger charge is -2.13. The van der Waals surface area contributed by atoms with Crippen LogP contribution >= 0.6 is 15.9 Å². The standard InChI is InChI=1S/C30H29BrN2O3/c1-20(2)24-12-11-21(3)29(16-24)36-19-30(34)33-32-17-27-26-10-5-4-8-23(26)13-14-28(27)35-18-22-7-6-9-25(31)15-22/h4-17,20H,18-19H2,1-3H3,(H,33,34)/b32-17-. The van der Waals surface area contributed by atoms with Crippen LogP contribution in [0, 0.1) is 6.92 Å². The van der Waals surface area contributed by atoms with E-state index in [9.17, 15) is 4.79 Å². The highest BCUT2D eigenvalue weighted by Crippen LogP contribution is 2.28. The number of carbonyl (C=O) groups excluding carboxylic acids is 1. The highest BCUT2D eigenvalue weighted by Gasteiger charge is 2.10. The number of hydrogen-bond acceptors (Lipinski definition) is 4. The van der Waals surface area contributed by atoms with E-state index < -0.39 is 0 Å². The van der Waals surface area contributed by atoms with E-state index >= 15 is 0 Å². The van der Waals surface area contributed by atoms with Crippen LogP contribution in [0.3, 0.4) is 0 Å². The van der Waals surface area contributed by atoms with Gasteiger partial charge >= 0.3 is 0 Å². The number of ether oxygens (including phenoxy) is 2. The van der Waals surface area contributed by atoms with Crippen molar-refractivity contribution in [2.45, 2.75) is 33.3 Å². The van der Waals surface area contributed by atoms with Gasteiger partial charge in [-0.05, 0) is 64.6 Å². The van der Waals surface area contributed by atoms with Crippen molar-refractivity contribution < 1.29 is 14.3 Å². The number of rotatable bonds is 9. The van der Waals surface area contributed by atoms with E-state index in [-0.39, 0.29) is 12.5 Å². The lowest BCUT2D eigenvalue weighted by Crippen LogP contribution is -2.24. The lowest BCUT2D eigenvalue weighted by molar-refractivity contribution is -0.123. The van der Waals surface area contributed by atoms with E-state index in [0.29, 0.717) is 24.0 Å². The summed E-state index contributed by atoms with van der Waals surface area (Å²) in [4.78, 5) is 12.4. The molecule has 0 unspecified atom stereocenters. The minimum absolute atomic E-state index is 0.124. The fraction of sp³-hybridized carbons (Fsp3) is 0.200. The molecule has 0 aliphatic rings. The number of hydrogen-bond donors (Lipinski definition) is 1. The number of halogens is 1. The van der Waals surface area contributed by atoms with Crippen LogP contribution in [0.5, 0.6) is 11.5 Å². The number of fused-ring (bicyclic) bond motifs is 1. The third kappa shape index (κ3) is 6.52. The number of benzene rings is 4. The summed E-state index contributed by atoms with van der Waals surface area (Å²) in [6.45, 7) is 6.50. The zero-order chi connectivity index (χ0) is 25.5. The van der Waals surface area contributed by atoms with Gasteiger partial charge in [-0.25, -0.2) is 5.43 Å². The number of carbonyl (C=O) groups is 1. The van der Waals surface area contributed by atoms with Crippen molar-refractivity contribution in [3.63, 3.8) is 0 Å². The Labute approximate surface area is 220 Å². The first-order valence-corrected chi connectivity index (χ1v) is 12.6. The highest BCUT2D eigenvalue weighted by atomic mass is 79.9. The zero-order valence-electron chi connectivity index (χ0n) is 20.6. The molecule has 0 aromatic heterocycles. The van der Waals surface area contributed by atoms with Crippen LogP contribution in [0.2, 0.25) is 0 Å². The van der Waals surface area contributed by atoms with Gasteiger partial charge in [0, 0.05) is 10.0 Å². The van der Waals surface area contributed by atoms with Crippen LogP contribution < -0.4 is 14.9 Å². The molecule has 0 saturated heterocycles. The molecule has 0 atom stereocenters. The molecule has 4 rings (SSSR count). The molecule has 0 aliphatic carbocycles. The molecular weight excluding hydrogens is 516 g/mol. The Morgan fingerprint density at radius 2 is 1.81 bits per heavy atom. The van der Waals surface area contributed by atoms with Crippen LogP contribution in [0.4, 0.5) is 0 Å². The van der Waals surface area contributed by atoms with Crippen molar-refractivity contribution in [1.29, 1.82) is 0 Å². The summed E-state index contributed by atoms with van der Waals surface area (Å²) in [6, 6.07) is 26.0. The second-order valence-electron chi connectivity index (χ2n) is 8.88. The highest BCUT2D eigenvalue weighted by molar-refractivity contribution is 9.10. The number of nitrogens with one attached hydrogen (secondary N) is 1. The van der Waals surface area contributed by atoms with Crippen molar-refractivity contribution in [2.24, 2.45) is 5.10 Å². The molecule has 0 heterocycles. The molecule has 0 saturated carbocycles. The maximum atomic E-state index is 12.4. The number of aryl methyl sites for hydroxylation is 1. The molecule has 0 fully saturated rings. The normalized spacial score (nSPS) is 11.2. The summed E-state index contributed by atoms with van der Waals surface area (Å²) >= 11 is 3.50. The molecule has 1 amide bonds. The van der Waals surface area contributed by atoms with Crippen LogP contribution in [0.15, 0.2) is 88.4 Å². The van der Waals surface area contributed by atoms with Gasteiger partial charge in [0.1, 0.15) is 18.1 Å². The largest absolute Gasteiger partial charge is 0.488 e. The predicted molar refractivity (Wildman–Crippen MR) is 149 cm³/mol. The van der Waals surface area contributed by atoms with Crippen LogP contribution in [-0.4, -0.2) is 18.7 Å². The molecule has 0 aliphatic heterocycles. The van der Waals surface area contributed by atoms with Gasteiger partial charge in [-0.3, -0.25) is 4.79 Å². The van der Waals surface area contributed by atoms with E-state index in [1.54, 1.807) is 6.21 Å². The van der Waals surface area contributed by atoms with Crippen LogP contribution in [0.25, 0.3) is 10.8 Å². The van der Waals surface area contributed by atoms with E-state index in [1.165, 1.54) is 5.56 Å². The van der Waals surface area contributed by atoms with Gasteiger partial charge < -0.3 is 9.47 Å². The summed E-state index contributed by atoms with van der Waals surface area (Å²) < 4.78 is 12.9. The van der Waals surface area contributed by atoms with E-state index in [1.807, 2.05) is 79.7 Å². The average molecular weight is 545 g/mol. The smallest absolute Gasteiger partial charge is 0.277 e. The summed E-state index contributed by atoms with van der Waals surface area (Å²) in [5, 5.41) is 6.25. The third-order valence-corrected chi connectivity index (χ3v) is 6.33. The first-order valence-electron chi connectivity index (χ1n) is 11.8. The molecular formula is C30H29BrN2O3. The van der Waals surface area contributed by atoms with E-state index in [0.717, 1.165) is 31.9 Å². The molecule has 6 heteroatoms. The van der Waals surface area contributed by atoms with Crippen LogP contribution in [-0.2, 0) is 11.4 Å². The molecule has 0 bridgehead atoms. The molecule has 36 heavy (non-hydrogen) atoms. The zero-order valence-corrected chi connectivity index (χ0v) is 22.2. The van der Waals surface area contributed by atoms with Gasteiger partial charge in [0.05, 0.1) is 6.21 Å². The molecule has 0 spiro atoms. The minimum atomic E-state index is -0.336. The number of nitrogens with zero attached hydrogens (tertiary/aromatic N) is 1. The summed E-state index contributed by atoms with van der Waals surface area (Å²) in [6.07, 6.45) is 1.63. The second-order valence-corrected chi connectivity index (χ2v) is 9.79. The van der Waals surface area contributed by atoms with Gasteiger partial charge in [-0.15, -0.1) is 0 Å². The Balaban J connectivity index is 1.46. The lowest BCUT2D eigenvalue weighted by atomic mass is 10.0. The Kier molecular flexibility index (Phi) is 8.39. The second kappa shape index (κ2) is 11.9. The summed E-state index contributed by atoms with van der Waals surface area (Å²) in [5.74, 6) is 1.44.